The molecule has 0 aromatic heterocycles. The number of halogens is 1. The van der Waals surface area contributed by atoms with Crippen molar-refractivity contribution in [3.05, 3.63) is 47.5 Å². The maximum Gasteiger partial charge on any atom is 0.263 e. The molecule has 1 fully saturated rings. The highest BCUT2D eigenvalue weighted by Gasteiger charge is 2.55. The van der Waals surface area contributed by atoms with Crippen molar-refractivity contribution in [1.82, 2.24) is 5.01 Å². The van der Waals surface area contributed by atoms with Crippen molar-refractivity contribution in [2.75, 3.05) is 31.0 Å². The number of imide groups is 1. The number of carbonyl (C=O) groups excluding carboxylic acids is 3. The van der Waals surface area contributed by atoms with Crippen LogP contribution < -0.4 is 19.7 Å². The van der Waals surface area contributed by atoms with E-state index in [0.717, 1.165) is 4.90 Å². The first-order chi connectivity index (χ1) is 14.9. The number of hydrogen-bond acceptors (Lipinski definition) is 8. The molecular weight excluding hydrogens is 426 g/mol. The van der Waals surface area contributed by atoms with Crippen molar-refractivity contribution in [2.24, 2.45) is 10.3 Å². The van der Waals surface area contributed by atoms with Gasteiger partial charge >= 0.3 is 0 Å². The fraction of sp³-hybridized carbons (Fsp3) is 0.250. The van der Waals surface area contributed by atoms with Gasteiger partial charge in [0.25, 0.3) is 11.8 Å². The summed E-state index contributed by atoms with van der Waals surface area (Å²) in [7, 11) is 3.00. The van der Waals surface area contributed by atoms with Gasteiger partial charge in [-0.3, -0.25) is 19.4 Å². The summed E-state index contributed by atoms with van der Waals surface area (Å²) in [6.45, 7) is -0.266. The number of anilines is 2. The Balaban J connectivity index is 1.48. The van der Waals surface area contributed by atoms with Crippen molar-refractivity contribution in [2.45, 2.75) is 12.1 Å². The summed E-state index contributed by atoms with van der Waals surface area (Å²) in [6.07, 6.45) is 0. The third kappa shape index (κ3) is 3.89. The standard InChI is InChI=1S/C20H18ClN5O5/c1-30-14-7-12(8-15(9-14)31-2)22-16(27)10-25-18-17(23-24-25)19(28)26(20(18)29)13-5-3-11(21)4-6-13/h3-9,17-18H,10H2,1-2H3,(H,22,27). The van der Waals surface area contributed by atoms with Crippen molar-refractivity contribution in [1.29, 1.82) is 0 Å². The summed E-state index contributed by atoms with van der Waals surface area (Å²) in [5.74, 6) is -0.434. The Bertz CT molecular complexity index is 1050. The molecule has 2 atom stereocenters. The van der Waals surface area contributed by atoms with E-state index in [1.54, 1.807) is 42.5 Å². The van der Waals surface area contributed by atoms with Crippen LogP contribution in [-0.2, 0) is 14.4 Å². The lowest BCUT2D eigenvalue weighted by Gasteiger charge is -2.20. The van der Waals surface area contributed by atoms with Gasteiger partial charge in [-0.15, -0.1) is 0 Å². The predicted molar refractivity (Wildman–Crippen MR) is 111 cm³/mol. The van der Waals surface area contributed by atoms with Gasteiger partial charge in [0, 0.05) is 28.9 Å². The van der Waals surface area contributed by atoms with Gasteiger partial charge in [-0.05, 0) is 24.3 Å². The van der Waals surface area contributed by atoms with Gasteiger partial charge < -0.3 is 14.8 Å². The second-order valence-electron chi connectivity index (χ2n) is 6.83. The van der Waals surface area contributed by atoms with E-state index in [9.17, 15) is 14.4 Å². The number of rotatable bonds is 6. The van der Waals surface area contributed by atoms with E-state index in [4.69, 9.17) is 21.1 Å². The highest BCUT2D eigenvalue weighted by Crippen LogP contribution is 2.32. The lowest BCUT2D eigenvalue weighted by atomic mass is 10.1. The largest absolute Gasteiger partial charge is 0.497 e. The second kappa shape index (κ2) is 8.23. The van der Waals surface area contributed by atoms with Crippen molar-refractivity contribution in [3.63, 3.8) is 0 Å². The minimum Gasteiger partial charge on any atom is -0.497 e. The van der Waals surface area contributed by atoms with E-state index >= 15 is 0 Å². The van der Waals surface area contributed by atoms with Crippen LogP contribution >= 0.6 is 11.6 Å². The van der Waals surface area contributed by atoms with E-state index < -0.39 is 29.8 Å². The number of ether oxygens (including phenoxy) is 2. The number of carbonyl (C=O) groups is 3. The molecule has 0 spiro atoms. The average Bonchev–Trinajstić information content (AvgIpc) is 3.28. The van der Waals surface area contributed by atoms with Crippen LogP contribution in [-0.4, -0.2) is 55.6 Å². The minimum absolute atomic E-state index is 0.266. The van der Waals surface area contributed by atoms with E-state index in [1.807, 2.05) is 0 Å². The Morgan fingerprint density at radius 3 is 2.32 bits per heavy atom. The molecule has 10 nitrogen and oxygen atoms in total. The summed E-state index contributed by atoms with van der Waals surface area (Å²) in [6, 6.07) is 9.27. The zero-order valence-corrected chi connectivity index (χ0v) is 17.4. The minimum atomic E-state index is -0.993. The van der Waals surface area contributed by atoms with E-state index in [1.165, 1.54) is 19.2 Å². The van der Waals surface area contributed by atoms with Crippen LogP contribution in [0.2, 0.25) is 5.02 Å². The molecule has 0 radical (unpaired) electrons. The molecule has 2 aliphatic heterocycles. The van der Waals surface area contributed by atoms with Gasteiger partial charge in [-0.25, -0.2) is 4.90 Å². The number of nitrogens with one attached hydrogen (secondary N) is 1. The normalized spacial score (nSPS) is 19.6. The molecule has 0 saturated carbocycles. The number of nitrogens with zero attached hydrogens (tertiary/aromatic N) is 4. The second-order valence-corrected chi connectivity index (χ2v) is 7.27. The Kier molecular flexibility index (Phi) is 5.47. The molecule has 3 amide bonds. The van der Waals surface area contributed by atoms with Gasteiger partial charge in [-0.2, -0.15) is 5.11 Å². The number of fused-ring (bicyclic) bond motifs is 1. The average molecular weight is 444 g/mol. The molecule has 0 bridgehead atoms. The first-order valence-corrected chi connectivity index (χ1v) is 9.63. The molecule has 160 valence electrons. The fourth-order valence-electron chi connectivity index (χ4n) is 3.43. The van der Waals surface area contributed by atoms with Crippen molar-refractivity contribution >= 4 is 40.7 Å². The molecular formula is C20H18ClN5O5. The van der Waals surface area contributed by atoms with Crippen LogP contribution in [0.25, 0.3) is 0 Å². The summed E-state index contributed by atoms with van der Waals surface area (Å²) in [5.41, 5.74) is 0.836. The zero-order chi connectivity index (χ0) is 22.1. The Morgan fingerprint density at radius 1 is 1.06 bits per heavy atom. The molecule has 31 heavy (non-hydrogen) atoms. The van der Waals surface area contributed by atoms with Gasteiger partial charge in [0.05, 0.1) is 19.9 Å². The summed E-state index contributed by atoms with van der Waals surface area (Å²) in [4.78, 5) is 39.3. The molecule has 2 aromatic rings. The quantitative estimate of drug-likeness (QED) is 0.685. The third-order valence-electron chi connectivity index (χ3n) is 4.88. The van der Waals surface area contributed by atoms with E-state index in [2.05, 4.69) is 15.7 Å². The molecule has 11 heteroatoms. The maximum absolute atomic E-state index is 12.9. The molecule has 4 rings (SSSR count). The highest BCUT2D eigenvalue weighted by molar-refractivity contribution is 6.31. The van der Waals surface area contributed by atoms with Gasteiger partial charge in [0.1, 0.15) is 18.0 Å². The van der Waals surface area contributed by atoms with Crippen molar-refractivity contribution < 1.29 is 23.9 Å². The molecule has 2 heterocycles. The van der Waals surface area contributed by atoms with Crippen LogP contribution in [0.5, 0.6) is 11.5 Å². The summed E-state index contributed by atoms with van der Waals surface area (Å²) < 4.78 is 10.4. The number of amides is 3. The lowest BCUT2D eigenvalue weighted by Crippen LogP contribution is -2.43. The van der Waals surface area contributed by atoms with Crippen LogP contribution in [0.1, 0.15) is 0 Å². The summed E-state index contributed by atoms with van der Waals surface area (Å²) in [5, 5.41) is 12.2. The van der Waals surface area contributed by atoms with Gasteiger partial charge in [0.15, 0.2) is 12.1 Å². The SMILES string of the molecule is COc1cc(NC(=O)CN2N=NC3C(=O)N(c4ccc(Cl)cc4)C(=O)C32)cc(OC)c1. The number of hydrogen-bond donors (Lipinski definition) is 1. The first kappa shape index (κ1) is 20.6. The summed E-state index contributed by atoms with van der Waals surface area (Å²) >= 11 is 5.88. The molecule has 0 aliphatic carbocycles. The molecule has 2 aromatic carbocycles. The van der Waals surface area contributed by atoms with Crippen LogP contribution in [0.3, 0.4) is 0 Å². The first-order valence-electron chi connectivity index (χ1n) is 9.25. The maximum atomic E-state index is 12.9. The topological polar surface area (TPSA) is 113 Å². The smallest absolute Gasteiger partial charge is 0.263 e. The van der Waals surface area contributed by atoms with Gasteiger partial charge in [0.2, 0.25) is 5.91 Å². The molecule has 1 N–H and O–H groups in total. The highest BCUT2D eigenvalue weighted by atomic mass is 35.5. The predicted octanol–water partition coefficient (Wildman–Crippen LogP) is 2.29. The van der Waals surface area contributed by atoms with Crippen molar-refractivity contribution in [3.8, 4) is 11.5 Å². The number of methoxy groups -OCH3 is 2. The molecule has 2 unspecified atom stereocenters. The number of benzene rings is 2. The Hall–Kier alpha value is -3.66. The Labute approximate surface area is 182 Å². The van der Waals surface area contributed by atoms with E-state index in [-0.39, 0.29) is 6.54 Å². The van der Waals surface area contributed by atoms with Crippen LogP contribution in [0, 0.1) is 0 Å². The Morgan fingerprint density at radius 2 is 1.71 bits per heavy atom. The van der Waals surface area contributed by atoms with Crippen LogP contribution in [0.15, 0.2) is 52.8 Å². The fourth-order valence-corrected chi connectivity index (χ4v) is 3.55. The van der Waals surface area contributed by atoms with Gasteiger partial charge in [-0.1, -0.05) is 16.8 Å². The van der Waals surface area contributed by atoms with Crippen LogP contribution in [0.4, 0.5) is 11.4 Å². The third-order valence-corrected chi connectivity index (χ3v) is 5.14. The van der Waals surface area contributed by atoms with E-state index in [0.29, 0.717) is 27.9 Å². The molecule has 2 aliphatic rings. The lowest BCUT2D eigenvalue weighted by molar-refractivity contribution is -0.123. The zero-order valence-electron chi connectivity index (χ0n) is 16.6. The monoisotopic (exact) mass is 443 g/mol. The molecule has 1 saturated heterocycles.